The maximum absolute atomic E-state index is 12.6. The Bertz CT molecular complexity index is 970. The Labute approximate surface area is 202 Å². The van der Waals surface area contributed by atoms with Crippen molar-refractivity contribution < 1.29 is 9.21 Å². The summed E-state index contributed by atoms with van der Waals surface area (Å²) >= 11 is 1.67. The lowest BCUT2D eigenvalue weighted by Gasteiger charge is -2.20. The summed E-state index contributed by atoms with van der Waals surface area (Å²) in [7, 11) is 0. The fraction of sp³-hybridized carbons (Fsp3) is 0.519. The van der Waals surface area contributed by atoms with Crippen molar-refractivity contribution in [3.05, 3.63) is 47.8 Å². The first-order valence-corrected chi connectivity index (χ1v) is 13.2. The highest BCUT2D eigenvalue weighted by Crippen LogP contribution is 2.32. The molecule has 0 aliphatic carbocycles. The Hall–Kier alpha value is -2.34. The number of carbonyl (C=O) groups is 1. The van der Waals surface area contributed by atoms with E-state index in [0.29, 0.717) is 18.3 Å². The van der Waals surface area contributed by atoms with Crippen LogP contribution in [-0.2, 0) is 4.79 Å². The van der Waals surface area contributed by atoms with E-state index in [4.69, 9.17) is 4.42 Å². The number of carbonyl (C=O) groups excluding carboxylic acids is 1. The molecular weight excluding hydrogens is 430 g/mol. The number of nitrogens with one attached hydrogen (secondary N) is 1. The number of para-hydroxylation sites is 1. The van der Waals surface area contributed by atoms with Crippen molar-refractivity contribution in [2.24, 2.45) is 0 Å². The van der Waals surface area contributed by atoms with Crippen molar-refractivity contribution in [1.29, 1.82) is 0 Å². The van der Waals surface area contributed by atoms with Crippen molar-refractivity contribution in [2.75, 3.05) is 11.1 Å². The lowest BCUT2D eigenvalue weighted by molar-refractivity contribution is -0.116. The van der Waals surface area contributed by atoms with Crippen molar-refractivity contribution in [3.63, 3.8) is 0 Å². The van der Waals surface area contributed by atoms with Gasteiger partial charge >= 0.3 is 0 Å². The van der Waals surface area contributed by atoms with Gasteiger partial charge in [0, 0.05) is 24.1 Å². The van der Waals surface area contributed by atoms with Crippen molar-refractivity contribution >= 4 is 34.5 Å². The third-order valence-electron chi connectivity index (χ3n) is 5.83. The highest BCUT2D eigenvalue weighted by Gasteiger charge is 2.15. The highest BCUT2D eigenvalue weighted by atomic mass is 32.2. The van der Waals surface area contributed by atoms with Gasteiger partial charge in [-0.15, -0.1) is 0 Å². The monoisotopic (exact) mass is 467 g/mol. The molecule has 0 aliphatic rings. The van der Waals surface area contributed by atoms with E-state index in [-0.39, 0.29) is 5.91 Å². The van der Waals surface area contributed by atoms with E-state index in [2.05, 4.69) is 61.2 Å². The van der Waals surface area contributed by atoms with Gasteiger partial charge in [0.2, 0.25) is 5.91 Å². The Kier molecular flexibility index (Phi) is 9.79. The summed E-state index contributed by atoms with van der Waals surface area (Å²) in [5, 5.41) is 3.95. The van der Waals surface area contributed by atoms with Crippen molar-refractivity contribution in [1.82, 2.24) is 9.97 Å². The zero-order valence-electron chi connectivity index (χ0n) is 20.4. The van der Waals surface area contributed by atoms with Crippen LogP contribution in [0.15, 0.2) is 46.3 Å². The molecule has 33 heavy (non-hydrogen) atoms. The van der Waals surface area contributed by atoms with Gasteiger partial charge in [-0.2, -0.15) is 0 Å². The zero-order valence-corrected chi connectivity index (χ0v) is 21.2. The van der Waals surface area contributed by atoms with Gasteiger partial charge in [0.15, 0.2) is 5.58 Å². The lowest BCUT2D eigenvalue weighted by atomic mass is 9.92. The number of thioether (sulfide) groups is 1. The number of anilines is 1. The van der Waals surface area contributed by atoms with E-state index in [1.807, 2.05) is 6.07 Å². The zero-order chi connectivity index (χ0) is 23.6. The standard InChI is InChI=1S/C27H37N3O2S/c1-19(2)21-12-11-13-22(20(3)4)26(21)30-25(31)14-9-7-5-6-8-10-17-33-27-29-23-15-16-28-18-24(23)32-27/h11-13,15-16,18-20H,5-10,14,17H2,1-4H3,(H,30,31). The minimum absolute atomic E-state index is 0.134. The van der Waals surface area contributed by atoms with Gasteiger partial charge in [0.25, 0.3) is 5.22 Å². The second-order valence-electron chi connectivity index (χ2n) is 9.21. The topological polar surface area (TPSA) is 68.0 Å². The van der Waals surface area contributed by atoms with Crippen LogP contribution in [0.5, 0.6) is 0 Å². The average molecular weight is 468 g/mol. The lowest BCUT2D eigenvalue weighted by Crippen LogP contribution is -2.15. The molecule has 0 unspecified atom stereocenters. The molecule has 2 heterocycles. The molecular formula is C27H37N3O2S. The molecule has 6 heteroatoms. The number of rotatable bonds is 13. The van der Waals surface area contributed by atoms with Crippen LogP contribution in [0.25, 0.3) is 11.1 Å². The van der Waals surface area contributed by atoms with Crippen LogP contribution in [0, 0.1) is 0 Å². The van der Waals surface area contributed by atoms with Crippen molar-refractivity contribution in [3.8, 4) is 0 Å². The van der Waals surface area contributed by atoms with Gasteiger partial charge in [-0.05, 0) is 41.9 Å². The number of pyridine rings is 1. The Balaban J connectivity index is 1.29. The summed E-state index contributed by atoms with van der Waals surface area (Å²) in [4.78, 5) is 21.1. The van der Waals surface area contributed by atoms with Gasteiger partial charge in [-0.25, -0.2) is 4.98 Å². The fourth-order valence-electron chi connectivity index (χ4n) is 3.97. The molecule has 0 bridgehead atoms. The largest absolute Gasteiger partial charge is 0.430 e. The summed E-state index contributed by atoms with van der Waals surface area (Å²) in [6.45, 7) is 8.72. The van der Waals surface area contributed by atoms with Crippen LogP contribution in [0.2, 0.25) is 0 Å². The number of oxazole rings is 1. The summed E-state index contributed by atoms with van der Waals surface area (Å²) < 4.78 is 5.68. The van der Waals surface area contributed by atoms with Gasteiger partial charge < -0.3 is 9.73 Å². The van der Waals surface area contributed by atoms with Crippen LogP contribution in [0.4, 0.5) is 5.69 Å². The smallest absolute Gasteiger partial charge is 0.256 e. The maximum atomic E-state index is 12.6. The highest BCUT2D eigenvalue weighted by molar-refractivity contribution is 7.99. The molecule has 0 atom stereocenters. The first-order chi connectivity index (χ1) is 16.0. The van der Waals surface area contributed by atoms with Crippen LogP contribution in [-0.4, -0.2) is 21.6 Å². The SMILES string of the molecule is CC(C)c1cccc(C(C)C)c1NC(=O)CCCCCCCCSc1nc2ccncc2o1. The number of hydrogen-bond donors (Lipinski definition) is 1. The molecule has 1 aromatic carbocycles. The average Bonchev–Trinajstić information content (AvgIpc) is 3.20. The summed E-state index contributed by atoms with van der Waals surface area (Å²) in [5.41, 5.74) is 5.09. The van der Waals surface area contributed by atoms with Crippen LogP contribution < -0.4 is 5.32 Å². The van der Waals surface area contributed by atoms with Gasteiger partial charge in [-0.1, -0.05) is 83.3 Å². The molecule has 0 spiro atoms. The normalized spacial score (nSPS) is 11.6. The Morgan fingerprint density at radius 3 is 2.30 bits per heavy atom. The maximum Gasteiger partial charge on any atom is 0.256 e. The molecule has 0 radical (unpaired) electrons. The molecule has 5 nitrogen and oxygen atoms in total. The quantitative estimate of drug-likeness (QED) is 0.204. The number of amides is 1. The van der Waals surface area contributed by atoms with E-state index in [9.17, 15) is 4.79 Å². The number of nitrogens with zero attached hydrogens (tertiary/aromatic N) is 2. The number of fused-ring (bicyclic) bond motifs is 1. The second kappa shape index (κ2) is 12.8. The van der Waals surface area contributed by atoms with Gasteiger partial charge in [0.05, 0.1) is 6.20 Å². The summed E-state index contributed by atoms with van der Waals surface area (Å²) in [5.74, 6) is 1.92. The van der Waals surface area contributed by atoms with Gasteiger partial charge in [0.1, 0.15) is 5.52 Å². The number of hydrogen-bond acceptors (Lipinski definition) is 5. The molecule has 2 aromatic heterocycles. The molecule has 0 aliphatic heterocycles. The number of benzene rings is 1. The first kappa shape index (κ1) is 25.3. The summed E-state index contributed by atoms with van der Waals surface area (Å²) in [6, 6.07) is 8.23. The molecule has 0 fully saturated rings. The van der Waals surface area contributed by atoms with E-state index < -0.39 is 0 Å². The predicted molar refractivity (Wildman–Crippen MR) is 138 cm³/mol. The Morgan fingerprint density at radius 1 is 0.970 bits per heavy atom. The molecule has 178 valence electrons. The van der Waals surface area contributed by atoms with E-state index in [1.54, 1.807) is 24.2 Å². The molecule has 1 amide bonds. The Morgan fingerprint density at radius 2 is 1.64 bits per heavy atom. The first-order valence-electron chi connectivity index (χ1n) is 12.2. The van der Waals surface area contributed by atoms with E-state index in [0.717, 1.165) is 47.0 Å². The van der Waals surface area contributed by atoms with E-state index >= 15 is 0 Å². The second-order valence-corrected chi connectivity index (χ2v) is 10.3. The van der Waals surface area contributed by atoms with E-state index in [1.165, 1.54) is 30.4 Å². The van der Waals surface area contributed by atoms with Crippen LogP contribution in [0.1, 0.15) is 95.6 Å². The third kappa shape index (κ3) is 7.60. The minimum Gasteiger partial charge on any atom is -0.430 e. The van der Waals surface area contributed by atoms with Gasteiger partial charge in [-0.3, -0.25) is 9.78 Å². The number of aromatic nitrogens is 2. The van der Waals surface area contributed by atoms with Crippen molar-refractivity contribution in [2.45, 2.75) is 89.7 Å². The molecule has 0 saturated heterocycles. The minimum atomic E-state index is 0.134. The van der Waals surface area contributed by atoms with Crippen LogP contribution in [0.3, 0.4) is 0 Å². The summed E-state index contributed by atoms with van der Waals surface area (Å²) in [6.07, 6.45) is 10.8. The fourth-order valence-corrected chi connectivity index (χ4v) is 4.81. The molecule has 1 N–H and O–H groups in total. The molecule has 0 saturated carbocycles. The predicted octanol–water partition coefficient (Wildman–Crippen LogP) is 7.93. The number of unbranched alkanes of at least 4 members (excludes halogenated alkanes) is 5. The third-order valence-corrected chi connectivity index (χ3v) is 6.75. The van der Waals surface area contributed by atoms with Crippen LogP contribution >= 0.6 is 11.8 Å². The molecule has 3 aromatic rings. The molecule has 3 rings (SSSR count).